The summed E-state index contributed by atoms with van der Waals surface area (Å²) in [6.07, 6.45) is 3.01. The fourth-order valence-electron chi connectivity index (χ4n) is 4.31. The van der Waals surface area contributed by atoms with E-state index in [-0.39, 0.29) is 17.2 Å². The van der Waals surface area contributed by atoms with Crippen LogP contribution in [0, 0.1) is 45.3 Å². The Hall–Kier alpha value is -2.78. The van der Waals surface area contributed by atoms with E-state index in [9.17, 15) is 15.8 Å². The molecule has 2 N–H and O–H groups in total. The molecule has 0 fully saturated rings. The molecule has 136 valence electrons. The van der Waals surface area contributed by atoms with Gasteiger partial charge in [-0.3, -0.25) is 4.90 Å². The molecule has 6 heteroatoms. The van der Waals surface area contributed by atoms with Gasteiger partial charge in [-0.25, -0.2) is 0 Å². The normalized spacial score (nSPS) is 24.2. The summed E-state index contributed by atoms with van der Waals surface area (Å²) in [7, 11) is 0. The Morgan fingerprint density at radius 3 is 2.56 bits per heavy atom. The number of nitriles is 3. The standard InChI is InChI=1S/C21H20ClN5/c1-2-8-27-9-7-14-16(10-23)20(26)21(12-24,13-25)19(17(14)11-27)15-5-3-4-6-18(15)22/h3-7,17,19H,2,8-9,11,26H2,1H3/t17-,19+/m0/s1. The highest BCUT2D eigenvalue weighted by molar-refractivity contribution is 6.31. The van der Waals surface area contributed by atoms with Crippen LogP contribution in [0.25, 0.3) is 0 Å². The predicted molar refractivity (Wildman–Crippen MR) is 103 cm³/mol. The fraction of sp³-hybridized carbons (Fsp3) is 0.381. The maximum Gasteiger partial charge on any atom is 0.191 e. The predicted octanol–water partition coefficient (Wildman–Crippen LogP) is 3.48. The van der Waals surface area contributed by atoms with Gasteiger partial charge in [-0.2, -0.15) is 15.8 Å². The average molecular weight is 378 g/mol. The largest absolute Gasteiger partial charge is 0.399 e. The van der Waals surface area contributed by atoms with Crippen LogP contribution in [-0.2, 0) is 0 Å². The van der Waals surface area contributed by atoms with Gasteiger partial charge in [0.15, 0.2) is 5.41 Å². The van der Waals surface area contributed by atoms with Crippen LogP contribution < -0.4 is 5.73 Å². The van der Waals surface area contributed by atoms with Crippen LogP contribution in [0.2, 0.25) is 5.02 Å². The topological polar surface area (TPSA) is 101 Å². The molecule has 1 aromatic rings. The Labute approximate surface area is 164 Å². The highest BCUT2D eigenvalue weighted by atomic mass is 35.5. The van der Waals surface area contributed by atoms with Gasteiger partial charge in [0.2, 0.25) is 0 Å². The summed E-state index contributed by atoms with van der Waals surface area (Å²) in [6, 6.07) is 13.7. The summed E-state index contributed by atoms with van der Waals surface area (Å²) in [5.74, 6) is -0.740. The van der Waals surface area contributed by atoms with E-state index in [1.165, 1.54) is 0 Å². The van der Waals surface area contributed by atoms with E-state index in [4.69, 9.17) is 17.3 Å². The van der Waals surface area contributed by atoms with Crippen molar-refractivity contribution < 1.29 is 0 Å². The number of hydrogen-bond acceptors (Lipinski definition) is 5. The summed E-state index contributed by atoms with van der Waals surface area (Å²) in [6.45, 7) is 4.39. The number of allylic oxidation sites excluding steroid dienone is 2. The molecular formula is C21H20ClN5. The molecule has 27 heavy (non-hydrogen) atoms. The molecule has 0 saturated carbocycles. The summed E-state index contributed by atoms with van der Waals surface area (Å²) in [4.78, 5) is 2.27. The minimum absolute atomic E-state index is 0.0337. The van der Waals surface area contributed by atoms with Crippen molar-refractivity contribution in [2.24, 2.45) is 17.1 Å². The smallest absolute Gasteiger partial charge is 0.191 e. The number of hydrogen-bond donors (Lipinski definition) is 1. The molecule has 5 nitrogen and oxygen atoms in total. The van der Waals surface area contributed by atoms with Crippen molar-refractivity contribution in [3.63, 3.8) is 0 Å². The van der Waals surface area contributed by atoms with Crippen LogP contribution >= 0.6 is 11.6 Å². The van der Waals surface area contributed by atoms with Crippen LogP contribution in [0.15, 0.2) is 47.2 Å². The molecule has 0 spiro atoms. The quantitative estimate of drug-likeness (QED) is 0.868. The van der Waals surface area contributed by atoms with Gasteiger partial charge < -0.3 is 5.73 Å². The van der Waals surface area contributed by atoms with E-state index in [1.54, 1.807) is 6.07 Å². The Morgan fingerprint density at radius 1 is 1.26 bits per heavy atom. The molecule has 1 heterocycles. The second-order valence-corrected chi connectivity index (χ2v) is 7.36. The third kappa shape index (κ3) is 2.88. The van der Waals surface area contributed by atoms with Crippen molar-refractivity contribution in [2.75, 3.05) is 19.6 Å². The highest BCUT2D eigenvalue weighted by Gasteiger charge is 2.54. The fourth-order valence-corrected chi connectivity index (χ4v) is 4.56. The van der Waals surface area contributed by atoms with Gasteiger partial charge >= 0.3 is 0 Å². The molecule has 0 amide bonds. The Morgan fingerprint density at radius 2 is 1.96 bits per heavy atom. The van der Waals surface area contributed by atoms with Crippen molar-refractivity contribution in [3.05, 3.63) is 57.8 Å². The lowest BCUT2D eigenvalue weighted by molar-refractivity contribution is 0.207. The SMILES string of the molecule is CCCN1CC=C2C(C#N)=C(N)C(C#N)(C#N)[C@H](c3ccccc3Cl)[C@H]2C1. The third-order valence-corrected chi connectivity index (χ3v) is 5.86. The number of halogens is 1. The molecule has 2 atom stereocenters. The Kier molecular flexibility index (Phi) is 5.24. The van der Waals surface area contributed by atoms with Crippen molar-refractivity contribution in [3.8, 4) is 18.2 Å². The first-order valence-electron chi connectivity index (χ1n) is 8.94. The van der Waals surface area contributed by atoms with Crippen LogP contribution in [0.1, 0.15) is 24.8 Å². The summed E-state index contributed by atoms with van der Waals surface area (Å²) >= 11 is 6.47. The van der Waals surface area contributed by atoms with Gasteiger partial charge in [-0.15, -0.1) is 0 Å². The first kappa shape index (κ1) is 19.0. The first-order chi connectivity index (χ1) is 13.0. The lowest BCUT2D eigenvalue weighted by Crippen LogP contribution is -2.48. The highest BCUT2D eigenvalue weighted by Crippen LogP contribution is 2.55. The van der Waals surface area contributed by atoms with Crippen LogP contribution in [0.4, 0.5) is 0 Å². The molecule has 0 unspecified atom stereocenters. The first-order valence-corrected chi connectivity index (χ1v) is 9.31. The number of benzene rings is 1. The zero-order valence-corrected chi connectivity index (χ0v) is 15.9. The number of fused-ring (bicyclic) bond motifs is 1. The molecule has 0 saturated heterocycles. The van der Waals surface area contributed by atoms with Crippen molar-refractivity contribution in [1.29, 1.82) is 15.8 Å². The number of rotatable bonds is 3. The lowest BCUT2D eigenvalue weighted by Gasteiger charge is -2.45. The molecule has 0 bridgehead atoms. The number of nitrogens with two attached hydrogens (primary N) is 1. The van der Waals surface area contributed by atoms with Crippen molar-refractivity contribution >= 4 is 11.6 Å². The van der Waals surface area contributed by atoms with E-state index < -0.39 is 11.3 Å². The zero-order chi connectivity index (χ0) is 19.6. The Bertz CT molecular complexity index is 927. The molecule has 2 aliphatic rings. The summed E-state index contributed by atoms with van der Waals surface area (Å²) in [5.41, 5.74) is 6.50. The van der Waals surface area contributed by atoms with E-state index in [1.807, 2.05) is 24.3 Å². The molecule has 1 aliphatic carbocycles. The van der Waals surface area contributed by atoms with E-state index >= 15 is 0 Å². The van der Waals surface area contributed by atoms with Gasteiger partial charge in [0, 0.05) is 29.9 Å². The third-order valence-electron chi connectivity index (χ3n) is 5.52. The van der Waals surface area contributed by atoms with Crippen LogP contribution in [0.5, 0.6) is 0 Å². The monoisotopic (exact) mass is 377 g/mol. The number of nitrogens with zero attached hydrogens (tertiary/aromatic N) is 4. The second kappa shape index (κ2) is 7.45. The maximum absolute atomic E-state index is 10.0. The van der Waals surface area contributed by atoms with Gasteiger partial charge in [0.05, 0.1) is 23.4 Å². The minimum Gasteiger partial charge on any atom is -0.399 e. The minimum atomic E-state index is -1.63. The van der Waals surface area contributed by atoms with Crippen LogP contribution in [0.3, 0.4) is 0 Å². The van der Waals surface area contributed by atoms with E-state index in [2.05, 4.69) is 30.0 Å². The van der Waals surface area contributed by atoms with Gasteiger partial charge in [0.25, 0.3) is 0 Å². The van der Waals surface area contributed by atoms with E-state index in [0.29, 0.717) is 11.6 Å². The molecule has 0 aromatic heterocycles. The zero-order valence-electron chi connectivity index (χ0n) is 15.1. The summed E-state index contributed by atoms with van der Waals surface area (Å²) < 4.78 is 0. The van der Waals surface area contributed by atoms with Crippen molar-refractivity contribution in [1.82, 2.24) is 4.90 Å². The Balaban J connectivity index is 2.30. The van der Waals surface area contributed by atoms with Gasteiger partial charge in [0.1, 0.15) is 6.07 Å². The van der Waals surface area contributed by atoms with Crippen LogP contribution in [-0.4, -0.2) is 24.5 Å². The van der Waals surface area contributed by atoms with Gasteiger partial charge in [-0.1, -0.05) is 42.8 Å². The average Bonchev–Trinajstić information content (AvgIpc) is 2.68. The van der Waals surface area contributed by atoms with Gasteiger partial charge in [-0.05, 0) is 30.2 Å². The molecule has 1 aromatic carbocycles. The molecule has 3 rings (SSSR count). The van der Waals surface area contributed by atoms with E-state index in [0.717, 1.165) is 30.6 Å². The summed E-state index contributed by atoms with van der Waals surface area (Å²) in [5, 5.41) is 30.3. The maximum atomic E-state index is 10.0. The second-order valence-electron chi connectivity index (χ2n) is 6.96. The van der Waals surface area contributed by atoms with Crippen molar-refractivity contribution in [2.45, 2.75) is 19.3 Å². The molecular weight excluding hydrogens is 358 g/mol. The molecule has 0 radical (unpaired) electrons. The molecule has 1 aliphatic heterocycles. The lowest BCUT2D eigenvalue weighted by atomic mass is 9.58.